The van der Waals surface area contributed by atoms with Gasteiger partial charge in [0.1, 0.15) is 0 Å². The maximum atomic E-state index is 13.5. The van der Waals surface area contributed by atoms with Gasteiger partial charge in [0.2, 0.25) is 5.91 Å². The summed E-state index contributed by atoms with van der Waals surface area (Å²) in [7, 11) is 1.61. The number of nitrogens with one attached hydrogen (secondary N) is 1. The van der Waals surface area contributed by atoms with Crippen LogP contribution in [0, 0.1) is 11.8 Å². The first-order valence-electron chi connectivity index (χ1n) is 10.4. The maximum absolute atomic E-state index is 13.5. The van der Waals surface area contributed by atoms with Crippen LogP contribution in [0.1, 0.15) is 46.1 Å². The largest absolute Gasteiger partial charge is 0.383 e. The van der Waals surface area contributed by atoms with E-state index in [0.717, 1.165) is 12.8 Å². The summed E-state index contributed by atoms with van der Waals surface area (Å²) < 4.78 is 6.86. The highest BCUT2D eigenvalue weighted by molar-refractivity contribution is 8.00. The number of para-hydroxylation sites is 1. The molecular weight excluding hydrogens is 386 g/mol. The average molecular weight is 418 g/mol. The van der Waals surface area contributed by atoms with E-state index in [-0.39, 0.29) is 22.8 Å². The summed E-state index contributed by atoms with van der Waals surface area (Å²) in [5.74, 6) is 0.861. The Morgan fingerprint density at radius 3 is 2.86 bits per heavy atom. The molecule has 7 heteroatoms. The van der Waals surface area contributed by atoms with Gasteiger partial charge in [0.25, 0.3) is 5.56 Å². The number of amides is 1. The molecule has 1 saturated carbocycles. The van der Waals surface area contributed by atoms with Crippen LogP contribution in [0.5, 0.6) is 0 Å². The van der Waals surface area contributed by atoms with Crippen LogP contribution in [-0.2, 0) is 9.53 Å². The summed E-state index contributed by atoms with van der Waals surface area (Å²) in [5.41, 5.74) is 0.677. The lowest BCUT2D eigenvalue weighted by atomic mass is 9.78. The molecule has 1 aromatic heterocycles. The number of aromatic nitrogens is 2. The molecule has 2 aromatic rings. The molecule has 3 rings (SSSR count). The van der Waals surface area contributed by atoms with Gasteiger partial charge in [0, 0.05) is 19.7 Å². The second kappa shape index (κ2) is 9.76. The Balaban J connectivity index is 1.98. The van der Waals surface area contributed by atoms with Crippen molar-refractivity contribution in [2.24, 2.45) is 11.8 Å². The van der Waals surface area contributed by atoms with Crippen molar-refractivity contribution < 1.29 is 9.53 Å². The SMILES string of the molecule is COCCNC(=O)[C@H](C)Sc1nc2ccccc2c(=O)n1[C@@H]1CCC[C@@H](C)[C@H]1C. The third-order valence-electron chi connectivity index (χ3n) is 6.03. The zero-order chi connectivity index (χ0) is 21.0. The van der Waals surface area contributed by atoms with E-state index in [0.29, 0.717) is 41.0 Å². The molecule has 0 saturated heterocycles. The molecule has 0 aliphatic heterocycles. The third-order valence-corrected chi connectivity index (χ3v) is 7.09. The second-order valence-corrected chi connectivity index (χ2v) is 9.27. The van der Waals surface area contributed by atoms with Crippen molar-refractivity contribution >= 4 is 28.6 Å². The van der Waals surface area contributed by atoms with Gasteiger partial charge >= 0.3 is 0 Å². The third kappa shape index (κ3) is 4.83. The van der Waals surface area contributed by atoms with Gasteiger partial charge in [-0.2, -0.15) is 0 Å². The number of methoxy groups -OCH3 is 1. The first-order chi connectivity index (χ1) is 13.9. The first-order valence-corrected chi connectivity index (χ1v) is 11.3. The van der Waals surface area contributed by atoms with Crippen LogP contribution in [0.4, 0.5) is 0 Å². The number of fused-ring (bicyclic) bond motifs is 1. The molecular formula is C22H31N3O3S. The van der Waals surface area contributed by atoms with Crippen LogP contribution < -0.4 is 10.9 Å². The Bertz CT molecular complexity index is 914. The molecule has 158 valence electrons. The van der Waals surface area contributed by atoms with Crippen LogP contribution in [0.15, 0.2) is 34.2 Å². The Labute approximate surface area is 176 Å². The van der Waals surface area contributed by atoms with Crippen molar-refractivity contribution in [1.82, 2.24) is 14.9 Å². The Hall–Kier alpha value is -1.86. The summed E-state index contributed by atoms with van der Waals surface area (Å²) in [6.45, 7) is 7.28. The topological polar surface area (TPSA) is 73.2 Å². The van der Waals surface area contributed by atoms with Gasteiger partial charge in [-0.3, -0.25) is 14.2 Å². The molecule has 1 aromatic carbocycles. The number of hydrogen-bond acceptors (Lipinski definition) is 5. The molecule has 1 fully saturated rings. The fourth-order valence-electron chi connectivity index (χ4n) is 4.05. The molecule has 1 aliphatic rings. The molecule has 0 unspecified atom stereocenters. The predicted molar refractivity (Wildman–Crippen MR) is 117 cm³/mol. The van der Waals surface area contributed by atoms with Crippen LogP contribution in [0.25, 0.3) is 10.9 Å². The monoisotopic (exact) mass is 417 g/mol. The van der Waals surface area contributed by atoms with E-state index in [1.807, 2.05) is 35.8 Å². The van der Waals surface area contributed by atoms with Crippen molar-refractivity contribution in [2.45, 2.75) is 56.5 Å². The van der Waals surface area contributed by atoms with Crippen LogP contribution in [-0.4, -0.2) is 41.0 Å². The van der Waals surface area contributed by atoms with E-state index in [1.165, 1.54) is 18.2 Å². The fraction of sp³-hybridized carbons (Fsp3) is 0.591. The summed E-state index contributed by atoms with van der Waals surface area (Å²) in [6, 6.07) is 7.57. The van der Waals surface area contributed by atoms with Gasteiger partial charge in [0.15, 0.2) is 5.16 Å². The number of ether oxygens (including phenoxy) is 1. The maximum Gasteiger partial charge on any atom is 0.262 e. The van der Waals surface area contributed by atoms with E-state index >= 15 is 0 Å². The Kier molecular flexibility index (Phi) is 7.35. The summed E-state index contributed by atoms with van der Waals surface area (Å²) >= 11 is 1.36. The van der Waals surface area contributed by atoms with Crippen molar-refractivity contribution in [3.8, 4) is 0 Å². The van der Waals surface area contributed by atoms with Gasteiger partial charge in [-0.05, 0) is 37.3 Å². The molecule has 0 bridgehead atoms. The van der Waals surface area contributed by atoms with Gasteiger partial charge in [-0.15, -0.1) is 0 Å². The van der Waals surface area contributed by atoms with Gasteiger partial charge < -0.3 is 10.1 Å². The molecule has 1 N–H and O–H groups in total. The van der Waals surface area contributed by atoms with Crippen LogP contribution in [0.2, 0.25) is 0 Å². The van der Waals surface area contributed by atoms with Crippen molar-refractivity contribution in [1.29, 1.82) is 0 Å². The zero-order valence-corrected chi connectivity index (χ0v) is 18.5. The lowest BCUT2D eigenvalue weighted by Gasteiger charge is -2.36. The summed E-state index contributed by atoms with van der Waals surface area (Å²) in [6.07, 6.45) is 3.26. The first kappa shape index (κ1) is 21.8. The minimum absolute atomic E-state index is 0.00367. The fourth-order valence-corrected chi connectivity index (χ4v) is 5.04. The smallest absolute Gasteiger partial charge is 0.262 e. The predicted octanol–water partition coefficient (Wildman–Crippen LogP) is 3.64. The van der Waals surface area contributed by atoms with E-state index in [9.17, 15) is 9.59 Å². The number of carbonyl (C=O) groups excluding carboxylic acids is 1. The van der Waals surface area contributed by atoms with E-state index < -0.39 is 0 Å². The second-order valence-electron chi connectivity index (χ2n) is 7.97. The number of rotatable bonds is 7. The highest BCUT2D eigenvalue weighted by Gasteiger charge is 2.32. The number of benzene rings is 1. The molecule has 6 nitrogen and oxygen atoms in total. The average Bonchev–Trinajstić information content (AvgIpc) is 2.71. The molecule has 1 aliphatic carbocycles. The zero-order valence-electron chi connectivity index (χ0n) is 17.7. The lowest BCUT2D eigenvalue weighted by molar-refractivity contribution is -0.120. The van der Waals surface area contributed by atoms with Gasteiger partial charge in [-0.1, -0.05) is 50.6 Å². The van der Waals surface area contributed by atoms with Gasteiger partial charge in [0.05, 0.1) is 22.8 Å². The standard InChI is InChI=1S/C22H31N3O3S/c1-14-8-7-11-19(15(14)2)25-21(27)17-9-5-6-10-18(17)24-22(25)29-16(3)20(26)23-12-13-28-4/h5-6,9-10,14-16,19H,7-8,11-13H2,1-4H3,(H,23,26)/t14-,15-,16+,19-/m1/s1. The quantitative estimate of drug-likeness (QED) is 0.423. The number of thioether (sulfide) groups is 1. The normalized spacial score (nSPS) is 23.1. The molecule has 0 spiro atoms. The minimum Gasteiger partial charge on any atom is -0.383 e. The molecule has 4 atom stereocenters. The molecule has 1 heterocycles. The van der Waals surface area contributed by atoms with E-state index in [1.54, 1.807) is 7.11 Å². The van der Waals surface area contributed by atoms with Crippen molar-refractivity contribution in [3.05, 3.63) is 34.6 Å². The van der Waals surface area contributed by atoms with Crippen LogP contribution in [0.3, 0.4) is 0 Å². The molecule has 1 amide bonds. The summed E-state index contributed by atoms with van der Waals surface area (Å²) in [4.78, 5) is 30.7. The van der Waals surface area contributed by atoms with E-state index in [4.69, 9.17) is 9.72 Å². The summed E-state index contributed by atoms with van der Waals surface area (Å²) in [5, 5.41) is 3.78. The Morgan fingerprint density at radius 1 is 1.34 bits per heavy atom. The minimum atomic E-state index is -0.359. The van der Waals surface area contributed by atoms with Gasteiger partial charge in [-0.25, -0.2) is 4.98 Å². The molecule has 0 radical (unpaired) electrons. The van der Waals surface area contributed by atoms with E-state index in [2.05, 4.69) is 19.2 Å². The van der Waals surface area contributed by atoms with Crippen molar-refractivity contribution in [3.63, 3.8) is 0 Å². The highest BCUT2D eigenvalue weighted by atomic mass is 32.2. The highest BCUT2D eigenvalue weighted by Crippen LogP contribution is 2.39. The number of nitrogens with zero attached hydrogens (tertiary/aromatic N) is 2. The number of hydrogen-bond donors (Lipinski definition) is 1. The number of carbonyl (C=O) groups is 1. The van der Waals surface area contributed by atoms with Crippen molar-refractivity contribution in [2.75, 3.05) is 20.3 Å². The molecule has 29 heavy (non-hydrogen) atoms. The lowest BCUT2D eigenvalue weighted by Crippen LogP contribution is -2.37. The van der Waals surface area contributed by atoms with Crippen LogP contribution >= 0.6 is 11.8 Å². The Morgan fingerprint density at radius 2 is 2.10 bits per heavy atom.